The SMILES string of the molecule is [B]n1ccc2ccccc21. The third kappa shape index (κ3) is 0.653. The van der Waals surface area contributed by atoms with E-state index in [0.29, 0.717) is 0 Å². The summed E-state index contributed by atoms with van der Waals surface area (Å²) in [6, 6.07) is 10.0. The van der Waals surface area contributed by atoms with Gasteiger partial charge >= 0.3 is 0 Å². The topological polar surface area (TPSA) is 4.93 Å². The standard InChI is InChI=1S/C8H6BN/c9-10-6-5-7-3-1-2-4-8(7)10/h1-6H. The number of aromatic nitrogens is 1. The summed E-state index contributed by atoms with van der Waals surface area (Å²) in [6.45, 7) is 0. The highest BCUT2D eigenvalue weighted by atomic mass is 14.8. The van der Waals surface area contributed by atoms with Crippen LogP contribution in [0.15, 0.2) is 36.5 Å². The summed E-state index contributed by atoms with van der Waals surface area (Å²) in [5.41, 5.74) is 1.07. The summed E-state index contributed by atoms with van der Waals surface area (Å²) in [4.78, 5) is 0. The van der Waals surface area contributed by atoms with Crippen LogP contribution in [0.2, 0.25) is 0 Å². The highest BCUT2D eigenvalue weighted by molar-refractivity contribution is 6.11. The molecule has 10 heavy (non-hydrogen) atoms. The molecule has 46 valence electrons. The zero-order valence-electron chi connectivity index (χ0n) is 5.49. The lowest BCUT2D eigenvalue weighted by molar-refractivity contribution is 1.32. The Morgan fingerprint density at radius 2 is 1.90 bits per heavy atom. The van der Waals surface area contributed by atoms with Gasteiger partial charge in [0.15, 0.2) is 0 Å². The van der Waals surface area contributed by atoms with Gasteiger partial charge in [0.2, 0.25) is 7.98 Å². The van der Waals surface area contributed by atoms with Crippen LogP contribution in [0.25, 0.3) is 10.9 Å². The van der Waals surface area contributed by atoms with Crippen molar-refractivity contribution in [3.8, 4) is 0 Å². The first-order chi connectivity index (χ1) is 4.88. The van der Waals surface area contributed by atoms with Gasteiger partial charge in [-0.1, -0.05) is 18.2 Å². The summed E-state index contributed by atoms with van der Waals surface area (Å²) < 4.78 is 1.62. The first-order valence-electron chi connectivity index (χ1n) is 3.19. The molecule has 0 saturated heterocycles. The van der Waals surface area contributed by atoms with Gasteiger partial charge < -0.3 is 4.48 Å². The summed E-state index contributed by atoms with van der Waals surface area (Å²) in [7, 11) is 5.59. The molecule has 0 aliphatic heterocycles. The van der Waals surface area contributed by atoms with Gasteiger partial charge in [0.05, 0.1) is 0 Å². The Labute approximate surface area is 60.7 Å². The lowest BCUT2D eigenvalue weighted by Crippen LogP contribution is -1.85. The number of hydrogen-bond acceptors (Lipinski definition) is 0. The van der Waals surface area contributed by atoms with Crippen molar-refractivity contribution in [2.24, 2.45) is 0 Å². The van der Waals surface area contributed by atoms with Crippen molar-refractivity contribution in [2.75, 3.05) is 0 Å². The van der Waals surface area contributed by atoms with Crippen LogP contribution in [0.1, 0.15) is 0 Å². The van der Waals surface area contributed by atoms with Gasteiger partial charge in [0, 0.05) is 5.52 Å². The van der Waals surface area contributed by atoms with Crippen molar-refractivity contribution >= 4 is 18.9 Å². The summed E-state index contributed by atoms with van der Waals surface area (Å²) in [5, 5.41) is 1.19. The van der Waals surface area contributed by atoms with E-state index in [1.807, 2.05) is 36.5 Å². The third-order valence-electron chi connectivity index (χ3n) is 1.63. The Bertz CT molecular complexity index is 351. The van der Waals surface area contributed by atoms with E-state index in [1.165, 1.54) is 5.39 Å². The van der Waals surface area contributed by atoms with E-state index in [9.17, 15) is 0 Å². The molecular formula is C8H6BN. The molecule has 0 bridgehead atoms. The normalized spacial score (nSPS) is 10.4. The highest BCUT2D eigenvalue weighted by Crippen LogP contribution is 2.12. The van der Waals surface area contributed by atoms with E-state index in [2.05, 4.69) is 0 Å². The number of benzene rings is 1. The van der Waals surface area contributed by atoms with Gasteiger partial charge in [-0.05, 0) is 23.7 Å². The van der Waals surface area contributed by atoms with Crippen LogP contribution in [-0.4, -0.2) is 12.5 Å². The molecule has 0 unspecified atom stereocenters. The van der Waals surface area contributed by atoms with Gasteiger partial charge in [0.25, 0.3) is 0 Å². The molecule has 1 nitrogen and oxygen atoms in total. The molecule has 1 heterocycles. The third-order valence-corrected chi connectivity index (χ3v) is 1.63. The second kappa shape index (κ2) is 1.91. The fourth-order valence-corrected chi connectivity index (χ4v) is 1.10. The Balaban J connectivity index is 2.93. The molecule has 0 saturated carbocycles. The molecule has 0 fully saturated rings. The minimum Gasteiger partial charge on any atom is -0.403 e. The van der Waals surface area contributed by atoms with Crippen LogP contribution in [0.3, 0.4) is 0 Å². The number of fused-ring (bicyclic) bond motifs is 1. The Morgan fingerprint density at radius 1 is 1.10 bits per heavy atom. The monoisotopic (exact) mass is 127 g/mol. The summed E-state index contributed by atoms with van der Waals surface area (Å²) in [6.07, 6.45) is 1.85. The highest BCUT2D eigenvalue weighted by Gasteiger charge is 1.92. The zero-order chi connectivity index (χ0) is 6.97. The molecule has 2 heteroatoms. The molecule has 1 aromatic carbocycles. The smallest absolute Gasteiger partial charge is 0.234 e. The fraction of sp³-hybridized carbons (Fsp3) is 0. The largest absolute Gasteiger partial charge is 0.403 e. The quantitative estimate of drug-likeness (QED) is 0.473. The number of nitrogens with zero attached hydrogens (tertiary/aromatic N) is 1. The average molecular weight is 127 g/mol. The van der Waals surface area contributed by atoms with Gasteiger partial charge in [-0.2, -0.15) is 0 Å². The Hall–Kier alpha value is -1.18. The molecule has 2 radical (unpaired) electrons. The van der Waals surface area contributed by atoms with E-state index < -0.39 is 0 Å². The van der Waals surface area contributed by atoms with E-state index >= 15 is 0 Å². The number of para-hydroxylation sites is 1. The van der Waals surface area contributed by atoms with Crippen molar-refractivity contribution in [2.45, 2.75) is 0 Å². The first kappa shape index (κ1) is 5.60. The van der Waals surface area contributed by atoms with Gasteiger partial charge in [-0.25, -0.2) is 0 Å². The predicted octanol–water partition coefficient (Wildman–Crippen LogP) is 1.57. The van der Waals surface area contributed by atoms with Crippen molar-refractivity contribution < 1.29 is 0 Å². The van der Waals surface area contributed by atoms with E-state index in [0.717, 1.165) is 5.52 Å². The van der Waals surface area contributed by atoms with E-state index in [1.54, 1.807) is 4.48 Å². The molecule has 0 atom stereocenters. The maximum atomic E-state index is 5.59. The minimum atomic E-state index is 1.07. The van der Waals surface area contributed by atoms with Crippen LogP contribution in [0, 0.1) is 0 Å². The second-order valence-electron chi connectivity index (χ2n) is 2.28. The fourth-order valence-electron chi connectivity index (χ4n) is 1.10. The predicted molar refractivity (Wildman–Crippen MR) is 43.1 cm³/mol. The Morgan fingerprint density at radius 3 is 2.70 bits per heavy atom. The van der Waals surface area contributed by atoms with Crippen LogP contribution in [0.4, 0.5) is 0 Å². The minimum absolute atomic E-state index is 1.07. The zero-order valence-corrected chi connectivity index (χ0v) is 5.49. The average Bonchev–Trinajstić information content (AvgIpc) is 2.34. The lowest BCUT2D eigenvalue weighted by atomic mass is 10.2. The molecule has 2 aromatic rings. The maximum absolute atomic E-state index is 5.59. The summed E-state index contributed by atoms with van der Waals surface area (Å²) in [5.74, 6) is 0. The van der Waals surface area contributed by atoms with Crippen molar-refractivity contribution in [3.05, 3.63) is 36.5 Å². The van der Waals surface area contributed by atoms with Gasteiger partial charge in [0.1, 0.15) is 0 Å². The van der Waals surface area contributed by atoms with E-state index in [4.69, 9.17) is 7.98 Å². The van der Waals surface area contributed by atoms with Crippen molar-refractivity contribution in [1.29, 1.82) is 0 Å². The van der Waals surface area contributed by atoms with E-state index in [-0.39, 0.29) is 0 Å². The molecular weight excluding hydrogens is 121 g/mol. The molecule has 0 spiro atoms. The van der Waals surface area contributed by atoms with Gasteiger partial charge in [-0.3, -0.25) is 0 Å². The number of hydrogen-bond donors (Lipinski definition) is 0. The van der Waals surface area contributed by atoms with Crippen molar-refractivity contribution in [1.82, 2.24) is 4.48 Å². The van der Waals surface area contributed by atoms with Crippen molar-refractivity contribution in [3.63, 3.8) is 0 Å². The number of rotatable bonds is 0. The first-order valence-corrected chi connectivity index (χ1v) is 3.19. The molecule has 0 amide bonds. The van der Waals surface area contributed by atoms with Crippen LogP contribution >= 0.6 is 0 Å². The van der Waals surface area contributed by atoms with Crippen LogP contribution in [0.5, 0.6) is 0 Å². The molecule has 0 N–H and O–H groups in total. The molecule has 2 rings (SSSR count). The Kier molecular flexibility index (Phi) is 1.07. The van der Waals surface area contributed by atoms with Crippen LogP contribution < -0.4 is 0 Å². The summed E-state index contributed by atoms with van der Waals surface area (Å²) >= 11 is 0. The maximum Gasteiger partial charge on any atom is 0.234 e. The molecule has 0 aliphatic carbocycles. The molecule has 1 aromatic heterocycles. The second-order valence-corrected chi connectivity index (χ2v) is 2.28. The van der Waals surface area contributed by atoms with Gasteiger partial charge in [-0.15, -0.1) is 0 Å². The lowest BCUT2D eigenvalue weighted by Gasteiger charge is -1.92. The van der Waals surface area contributed by atoms with Crippen LogP contribution in [-0.2, 0) is 0 Å². The molecule has 0 aliphatic rings.